The van der Waals surface area contributed by atoms with Crippen LogP contribution in [0.1, 0.15) is 23.1 Å². The average Bonchev–Trinajstić information content (AvgIpc) is 3.02. The third-order valence-corrected chi connectivity index (χ3v) is 4.94. The molecule has 0 aromatic heterocycles. The van der Waals surface area contributed by atoms with E-state index >= 15 is 0 Å². The molecule has 0 bridgehead atoms. The Hall–Kier alpha value is -3.15. The number of nitrogens with one attached hydrogen (secondary N) is 1. The van der Waals surface area contributed by atoms with Crippen molar-refractivity contribution in [2.75, 3.05) is 11.4 Å². The maximum Gasteiger partial charge on any atom is 0.326 e. The molecule has 1 fully saturated rings. The van der Waals surface area contributed by atoms with Crippen LogP contribution in [0.3, 0.4) is 0 Å². The molecule has 2 atom stereocenters. The number of carbonyl (C=O) groups is 3. The zero-order chi connectivity index (χ0) is 20.3. The molecule has 2 aromatic rings. The minimum Gasteiger partial charge on any atom is -0.480 e. The Kier molecular flexibility index (Phi) is 5.78. The van der Waals surface area contributed by atoms with Gasteiger partial charge in [0.05, 0.1) is 0 Å². The lowest BCUT2D eigenvalue weighted by Gasteiger charge is -2.19. The fourth-order valence-corrected chi connectivity index (χ4v) is 3.61. The second-order valence-corrected chi connectivity index (χ2v) is 7.27. The molecule has 1 aliphatic rings. The molecule has 1 saturated heterocycles. The first kappa shape index (κ1) is 19.6. The molecule has 3 rings (SSSR count). The monoisotopic (exact) mass is 380 g/mol. The Morgan fingerprint density at radius 3 is 2.39 bits per heavy atom. The molecule has 28 heavy (non-hydrogen) atoms. The Bertz CT molecular complexity index is 874. The number of aryl methyl sites for hydroxylation is 2. The molecule has 0 saturated carbocycles. The highest BCUT2D eigenvalue weighted by atomic mass is 16.4. The van der Waals surface area contributed by atoms with Gasteiger partial charge in [0.25, 0.3) is 0 Å². The summed E-state index contributed by atoms with van der Waals surface area (Å²) in [6.45, 7) is 4.36. The van der Waals surface area contributed by atoms with Crippen molar-refractivity contribution in [1.29, 1.82) is 0 Å². The molecule has 146 valence electrons. The van der Waals surface area contributed by atoms with Gasteiger partial charge in [0.15, 0.2) is 0 Å². The van der Waals surface area contributed by atoms with Gasteiger partial charge in [-0.1, -0.05) is 36.4 Å². The minimum absolute atomic E-state index is 0.170. The summed E-state index contributed by atoms with van der Waals surface area (Å²) in [6, 6.07) is 13.9. The van der Waals surface area contributed by atoms with Gasteiger partial charge in [-0.3, -0.25) is 9.59 Å². The summed E-state index contributed by atoms with van der Waals surface area (Å²) in [6.07, 6.45) is 0.541. The van der Waals surface area contributed by atoms with E-state index in [2.05, 4.69) is 5.32 Å². The Morgan fingerprint density at radius 2 is 1.79 bits per heavy atom. The Morgan fingerprint density at radius 1 is 1.14 bits per heavy atom. The van der Waals surface area contributed by atoms with E-state index in [1.54, 1.807) is 4.90 Å². The number of amides is 2. The van der Waals surface area contributed by atoms with E-state index in [0.29, 0.717) is 13.0 Å². The molecule has 0 aliphatic carbocycles. The van der Waals surface area contributed by atoms with Crippen molar-refractivity contribution in [3.05, 3.63) is 65.2 Å². The zero-order valence-corrected chi connectivity index (χ0v) is 16.0. The third-order valence-electron chi connectivity index (χ3n) is 4.94. The lowest BCUT2D eigenvalue weighted by Crippen LogP contribution is -2.46. The fourth-order valence-electron chi connectivity index (χ4n) is 3.61. The van der Waals surface area contributed by atoms with Crippen LogP contribution in [-0.2, 0) is 20.8 Å². The Balaban J connectivity index is 1.70. The van der Waals surface area contributed by atoms with Crippen molar-refractivity contribution in [2.45, 2.75) is 32.7 Å². The standard InChI is InChI=1S/C22H24N2O4/c1-14-10-15(2)12-17(11-14)24-9-8-18(21(24)26)20(25)23-19(22(27)28)13-16-6-4-3-5-7-16/h3-7,10-12,18-19H,8-9,13H2,1-2H3,(H,23,25)(H,27,28)/t18?,19-/m0/s1. The second-order valence-electron chi connectivity index (χ2n) is 7.27. The molecule has 1 heterocycles. The molecule has 6 heteroatoms. The molecule has 2 aromatic carbocycles. The van der Waals surface area contributed by atoms with Crippen molar-refractivity contribution >= 4 is 23.5 Å². The predicted molar refractivity (Wildman–Crippen MR) is 106 cm³/mol. The van der Waals surface area contributed by atoms with Crippen LogP contribution in [0, 0.1) is 19.8 Å². The lowest BCUT2D eigenvalue weighted by molar-refractivity contribution is -0.143. The number of rotatable bonds is 6. The van der Waals surface area contributed by atoms with Crippen molar-refractivity contribution in [2.24, 2.45) is 5.92 Å². The van der Waals surface area contributed by atoms with Crippen molar-refractivity contribution < 1.29 is 19.5 Å². The van der Waals surface area contributed by atoms with Gasteiger partial charge >= 0.3 is 5.97 Å². The van der Waals surface area contributed by atoms with E-state index < -0.39 is 23.8 Å². The van der Waals surface area contributed by atoms with Gasteiger partial charge < -0.3 is 15.3 Å². The zero-order valence-electron chi connectivity index (χ0n) is 16.0. The molecular formula is C22H24N2O4. The number of anilines is 1. The number of aliphatic carboxylic acids is 1. The average molecular weight is 380 g/mol. The number of hydrogen-bond acceptors (Lipinski definition) is 3. The highest BCUT2D eigenvalue weighted by Gasteiger charge is 2.39. The lowest BCUT2D eigenvalue weighted by atomic mass is 10.0. The van der Waals surface area contributed by atoms with Gasteiger partial charge in [-0.25, -0.2) is 4.79 Å². The van der Waals surface area contributed by atoms with Gasteiger partial charge in [-0.2, -0.15) is 0 Å². The van der Waals surface area contributed by atoms with Crippen LogP contribution >= 0.6 is 0 Å². The predicted octanol–water partition coefficient (Wildman–Crippen LogP) is 2.47. The Labute approximate surface area is 164 Å². The number of hydrogen-bond donors (Lipinski definition) is 2. The van der Waals surface area contributed by atoms with Crippen LogP contribution in [0.2, 0.25) is 0 Å². The molecule has 1 aliphatic heterocycles. The molecule has 1 unspecified atom stereocenters. The van der Waals surface area contributed by atoms with E-state index in [1.165, 1.54) is 0 Å². The van der Waals surface area contributed by atoms with Crippen molar-refractivity contribution in [1.82, 2.24) is 5.32 Å². The molecule has 0 radical (unpaired) electrons. The SMILES string of the molecule is Cc1cc(C)cc(N2CCC(C(=O)N[C@@H](Cc3ccccc3)C(=O)O)C2=O)c1. The normalized spacial score (nSPS) is 17.4. The summed E-state index contributed by atoms with van der Waals surface area (Å²) in [7, 11) is 0. The number of nitrogens with zero attached hydrogens (tertiary/aromatic N) is 1. The minimum atomic E-state index is -1.12. The molecule has 6 nitrogen and oxygen atoms in total. The third kappa shape index (κ3) is 4.39. The van der Waals surface area contributed by atoms with Gasteiger partial charge in [0.1, 0.15) is 12.0 Å². The summed E-state index contributed by atoms with van der Waals surface area (Å²) in [5.74, 6) is -2.79. The number of carboxylic acid groups (broad SMARTS) is 1. The molecule has 2 N–H and O–H groups in total. The number of benzene rings is 2. The van der Waals surface area contributed by atoms with Crippen LogP contribution < -0.4 is 10.2 Å². The quantitative estimate of drug-likeness (QED) is 0.754. The molecule has 2 amide bonds. The summed E-state index contributed by atoms with van der Waals surface area (Å²) in [5, 5.41) is 12.0. The van der Waals surface area contributed by atoms with Crippen LogP contribution in [0.5, 0.6) is 0 Å². The number of carboxylic acids is 1. The second kappa shape index (κ2) is 8.25. The van der Waals surface area contributed by atoms with Crippen molar-refractivity contribution in [3.8, 4) is 0 Å². The summed E-state index contributed by atoms with van der Waals surface area (Å²) in [5.41, 5.74) is 3.68. The smallest absolute Gasteiger partial charge is 0.326 e. The van der Waals surface area contributed by atoms with Crippen molar-refractivity contribution in [3.63, 3.8) is 0 Å². The fraction of sp³-hybridized carbons (Fsp3) is 0.318. The first-order valence-electron chi connectivity index (χ1n) is 9.32. The first-order chi connectivity index (χ1) is 13.3. The van der Waals surface area contributed by atoms with E-state index in [0.717, 1.165) is 22.4 Å². The van der Waals surface area contributed by atoms with Crippen LogP contribution in [-0.4, -0.2) is 35.5 Å². The molecule has 0 spiro atoms. The maximum atomic E-state index is 12.8. The van der Waals surface area contributed by atoms with Gasteiger partial charge in [0.2, 0.25) is 11.8 Å². The van der Waals surface area contributed by atoms with E-state index in [-0.39, 0.29) is 12.3 Å². The first-order valence-corrected chi connectivity index (χ1v) is 9.32. The van der Waals surface area contributed by atoms with Crippen LogP contribution in [0.15, 0.2) is 48.5 Å². The van der Waals surface area contributed by atoms with E-state index in [9.17, 15) is 19.5 Å². The highest BCUT2D eigenvalue weighted by Crippen LogP contribution is 2.27. The van der Waals surface area contributed by atoms with Gasteiger partial charge in [-0.15, -0.1) is 0 Å². The maximum absolute atomic E-state index is 12.8. The van der Waals surface area contributed by atoms with E-state index in [1.807, 2.05) is 62.4 Å². The largest absolute Gasteiger partial charge is 0.480 e. The van der Waals surface area contributed by atoms with Gasteiger partial charge in [0, 0.05) is 18.7 Å². The van der Waals surface area contributed by atoms with Gasteiger partial charge in [-0.05, 0) is 49.1 Å². The number of carbonyl (C=O) groups excluding carboxylic acids is 2. The summed E-state index contributed by atoms with van der Waals surface area (Å²) < 4.78 is 0. The summed E-state index contributed by atoms with van der Waals surface area (Å²) in [4.78, 5) is 38.6. The molecular weight excluding hydrogens is 356 g/mol. The van der Waals surface area contributed by atoms with Crippen LogP contribution in [0.25, 0.3) is 0 Å². The van der Waals surface area contributed by atoms with E-state index in [4.69, 9.17) is 0 Å². The summed E-state index contributed by atoms with van der Waals surface area (Å²) >= 11 is 0. The highest BCUT2D eigenvalue weighted by molar-refractivity contribution is 6.10. The van der Waals surface area contributed by atoms with Crippen LogP contribution in [0.4, 0.5) is 5.69 Å². The topological polar surface area (TPSA) is 86.7 Å².